The summed E-state index contributed by atoms with van der Waals surface area (Å²) in [6.45, 7) is 11.6. The molecular weight excluding hydrogens is 372 g/mol. The molecule has 2 aromatic rings. The van der Waals surface area contributed by atoms with Crippen molar-refractivity contribution in [2.45, 2.75) is 46.3 Å². The summed E-state index contributed by atoms with van der Waals surface area (Å²) in [5, 5.41) is 0.129. The van der Waals surface area contributed by atoms with Crippen molar-refractivity contribution < 1.29 is 14.3 Å². The van der Waals surface area contributed by atoms with E-state index >= 15 is 0 Å². The zero-order chi connectivity index (χ0) is 19.3. The number of rotatable bonds is 8. The van der Waals surface area contributed by atoms with Crippen molar-refractivity contribution in [2.75, 3.05) is 13.2 Å². The molecule has 0 saturated heterocycles. The van der Waals surface area contributed by atoms with Crippen LogP contribution >= 0.6 is 11.6 Å². The predicted molar refractivity (Wildman–Crippen MR) is 103 cm³/mol. The van der Waals surface area contributed by atoms with Crippen molar-refractivity contribution in [2.24, 2.45) is 0 Å². The molecule has 0 aromatic carbocycles. The van der Waals surface area contributed by atoms with E-state index in [0.29, 0.717) is 18.0 Å². The molecule has 0 aliphatic rings. The smallest absolute Gasteiger partial charge is 0.374 e. The molecule has 0 aliphatic carbocycles. The third-order valence-corrected chi connectivity index (χ3v) is 5.53. The van der Waals surface area contributed by atoms with Gasteiger partial charge >= 0.3 is 5.97 Å². The number of hydrogen-bond donors (Lipinski definition) is 0. The van der Waals surface area contributed by atoms with Gasteiger partial charge in [0.2, 0.25) is 11.1 Å². The summed E-state index contributed by atoms with van der Waals surface area (Å²) < 4.78 is 12.5. The Labute approximate surface area is 159 Å². The first-order chi connectivity index (χ1) is 12.2. The molecule has 2 rings (SSSR count). The lowest BCUT2D eigenvalue weighted by Crippen LogP contribution is -2.22. The van der Waals surface area contributed by atoms with Gasteiger partial charge in [0.25, 0.3) is 0 Å². The highest BCUT2D eigenvalue weighted by Crippen LogP contribution is 2.22. The number of imidazole rings is 1. The number of aryl methyl sites for hydroxylation is 1. The number of aromatic nitrogens is 4. The van der Waals surface area contributed by atoms with Gasteiger partial charge < -0.3 is 14.0 Å². The highest BCUT2D eigenvalue weighted by Gasteiger charge is 2.20. The summed E-state index contributed by atoms with van der Waals surface area (Å²) in [4.78, 5) is 24.8. The van der Waals surface area contributed by atoms with Crippen LogP contribution in [0.3, 0.4) is 0 Å². The van der Waals surface area contributed by atoms with Crippen LogP contribution < -0.4 is 0 Å². The van der Waals surface area contributed by atoms with Gasteiger partial charge in [-0.05, 0) is 37.1 Å². The summed E-state index contributed by atoms with van der Waals surface area (Å²) in [5.41, 5.74) is 1.93. The largest absolute Gasteiger partial charge is 0.460 e. The molecule has 2 heterocycles. The van der Waals surface area contributed by atoms with Crippen LogP contribution in [0.4, 0.5) is 0 Å². The van der Waals surface area contributed by atoms with Crippen molar-refractivity contribution in [3.8, 4) is 11.4 Å². The molecule has 0 spiro atoms. The molecule has 0 atom stereocenters. The van der Waals surface area contributed by atoms with Crippen LogP contribution in [0, 0.1) is 6.92 Å². The quantitative estimate of drug-likeness (QED) is 0.292. The summed E-state index contributed by atoms with van der Waals surface area (Å²) >= 11 is 5.90. The molecule has 0 unspecified atom stereocenters. The van der Waals surface area contributed by atoms with E-state index in [1.165, 1.54) is 0 Å². The Morgan fingerprint density at radius 1 is 1.31 bits per heavy atom. The van der Waals surface area contributed by atoms with E-state index in [-0.39, 0.29) is 24.4 Å². The van der Waals surface area contributed by atoms with Crippen LogP contribution in [0.5, 0.6) is 0 Å². The van der Waals surface area contributed by atoms with E-state index in [4.69, 9.17) is 21.1 Å². The maximum absolute atomic E-state index is 12.2. The highest BCUT2D eigenvalue weighted by atomic mass is 35.5. The average molecular weight is 397 g/mol. The van der Waals surface area contributed by atoms with E-state index < -0.39 is 14.0 Å². The summed E-state index contributed by atoms with van der Waals surface area (Å²) in [6.07, 6.45) is 3.35. The molecule has 0 fully saturated rings. The third kappa shape index (κ3) is 5.62. The van der Waals surface area contributed by atoms with E-state index in [1.54, 1.807) is 23.9 Å². The van der Waals surface area contributed by atoms with Gasteiger partial charge in [-0.15, -0.1) is 0 Å². The van der Waals surface area contributed by atoms with Crippen LogP contribution in [0.2, 0.25) is 31.0 Å². The van der Waals surface area contributed by atoms with Gasteiger partial charge in [0.05, 0.1) is 12.3 Å². The molecule has 0 amide bonds. The average Bonchev–Trinajstić information content (AvgIpc) is 2.97. The lowest BCUT2D eigenvalue weighted by molar-refractivity contribution is 0.0464. The first-order valence-corrected chi connectivity index (χ1v) is 12.6. The number of ether oxygens (including phenoxy) is 2. The molecule has 9 heteroatoms. The highest BCUT2D eigenvalue weighted by molar-refractivity contribution is 6.76. The SMILES string of the molecule is CCOC(=O)c1nc(-c2nc(Cl)ncc2C)cn1COCC[Si](C)(C)C. The first kappa shape index (κ1) is 20.5. The maximum Gasteiger partial charge on any atom is 0.374 e. The van der Waals surface area contributed by atoms with Gasteiger partial charge in [-0.1, -0.05) is 19.6 Å². The Balaban J connectivity index is 2.26. The standard InChI is InChI=1S/C17H25ClN4O3Si/c1-6-25-16(23)15-20-13(14-12(2)9-19-17(18)21-14)10-22(15)11-24-7-8-26(3,4)5/h9-10H,6-8,11H2,1-5H3. The second-order valence-electron chi connectivity index (χ2n) is 7.16. The lowest BCUT2D eigenvalue weighted by Gasteiger charge is -2.15. The number of carbonyl (C=O) groups is 1. The Hall–Kier alpha value is -1.77. The zero-order valence-corrected chi connectivity index (χ0v) is 17.6. The molecule has 142 valence electrons. The Morgan fingerprint density at radius 2 is 2.04 bits per heavy atom. The maximum atomic E-state index is 12.2. The predicted octanol–water partition coefficient (Wildman–Crippen LogP) is 3.79. The van der Waals surface area contributed by atoms with E-state index in [0.717, 1.165) is 11.6 Å². The minimum absolute atomic E-state index is 0.129. The number of halogens is 1. The zero-order valence-electron chi connectivity index (χ0n) is 15.9. The topological polar surface area (TPSA) is 79.1 Å². The molecule has 26 heavy (non-hydrogen) atoms. The fourth-order valence-electron chi connectivity index (χ4n) is 2.21. The van der Waals surface area contributed by atoms with Crippen molar-refractivity contribution >= 4 is 25.6 Å². The number of carbonyl (C=O) groups excluding carboxylic acids is 1. The number of esters is 1. The van der Waals surface area contributed by atoms with Crippen LogP contribution in [-0.2, 0) is 16.2 Å². The van der Waals surface area contributed by atoms with Gasteiger partial charge in [0.1, 0.15) is 12.4 Å². The lowest BCUT2D eigenvalue weighted by atomic mass is 10.2. The molecule has 0 saturated carbocycles. The fraction of sp³-hybridized carbons (Fsp3) is 0.529. The second kappa shape index (κ2) is 8.74. The van der Waals surface area contributed by atoms with Crippen LogP contribution in [-0.4, -0.2) is 46.8 Å². The van der Waals surface area contributed by atoms with Crippen molar-refractivity contribution in [1.82, 2.24) is 19.5 Å². The molecular formula is C17H25ClN4O3Si. The monoisotopic (exact) mass is 396 g/mol. The van der Waals surface area contributed by atoms with Gasteiger partial charge in [-0.3, -0.25) is 0 Å². The fourth-order valence-corrected chi connectivity index (χ4v) is 3.10. The van der Waals surface area contributed by atoms with Crippen molar-refractivity contribution in [1.29, 1.82) is 0 Å². The van der Waals surface area contributed by atoms with Gasteiger partial charge in [-0.2, -0.15) is 0 Å². The molecule has 2 aromatic heterocycles. The number of nitrogens with zero attached hydrogens (tertiary/aromatic N) is 4. The second-order valence-corrected chi connectivity index (χ2v) is 13.1. The molecule has 0 radical (unpaired) electrons. The minimum atomic E-state index is -1.18. The van der Waals surface area contributed by atoms with Gasteiger partial charge in [0, 0.05) is 27.1 Å². The van der Waals surface area contributed by atoms with Crippen molar-refractivity contribution in [3.05, 3.63) is 29.1 Å². The van der Waals surface area contributed by atoms with Crippen LogP contribution in [0.15, 0.2) is 12.4 Å². The summed E-state index contributed by atoms with van der Waals surface area (Å²) in [7, 11) is -1.18. The molecule has 0 aliphatic heterocycles. The molecule has 0 bridgehead atoms. The Kier molecular flexibility index (Phi) is 6.91. The van der Waals surface area contributed by atoms with Crippen LogP contribution in [0.25, 0.3) is 11.4 Å². The summed E-state index contributed by atoms with van der Waals surface area (Å²) in [6, 6.07) is 1.05. The molecule has 7 nitrogen and oxygen atoms in total. The van der Waals surface area contributed by atoms with E-state index in [9.17, 15) is 4.79 Å². The molecule has 0 N–H and O–H groups in total. The van der Waals surface area contributed by atoms with Gasteiger partial charge in [0.15, 0.2) is 0 Å². The Morgan fingerprint density at radius 3 is 2.69 bits per heavy atom. The third-order valence-electron chi connectivity index (χ3n) is 3.65. The Bertz CT molecular complexity index is 774. The first-order valence-electron chi connectivity index (χ1n) is 8.53. The van der Waals surface area contributed by atoms with E-state index in [2.05, 4.69) is 34.6 Å². The minimum Gasteiger partial charge on any atom is -0.460 e. The van der Waals surface area contributed by atoms with Crippen molar-refractivity contribution in [3.63, 3.8) is 0 Å². The van der Waals surface area contributed by atoms with Crippen LogP contribution in [0.1, 0.15) is 23.1 Å². The number of hydrogen-bond acceptors (Lipinski definition) is 6. The van der Waals surface area contributed by atoms with E-state index in [1.807, 2.05) is 6.92 Å². The summed E-state index contributed by atoms with van der Waals surface area (Å²) in [5.74, 6) is -0.311. The normalized spacial score (nSPS) is 11.6. The van der Waals surface area contributed by atoms with Gasteiger partial charge in [-0.25, -0.2) is 19.7 Å².